The first-order valence-corrected chi connectivity index (χ1v) is 8.85. The third-order valence-corrected chi connectivity index (χ3v) is 4.21. The average Bonchev–Trinajstić information content (AvgIpc) is 2.62. The molecule has 28 heavy (non-hydrogen) atoms. The fourth-order valence-corrected chi connectivity index (χ4v) is 2.89. The molecule has 0 aromatic heterocycles. The minimum Gasteiger partial charge on any atom is -0.480 e. The van der Waals surface area contributed by atoms with Gasteiger partial charge in [0.2, 0.25) is 11.8 Å². The summed E-state index contributed by atoms with van der Waals surface area (Å²) in [6.07, 6.45) is 0.00408. The number of amides is 2. The van der Waals surface area contributed by atoms with Gasteiger partial charge in [-0.3, -0.25) is 9.59 Å². The van der Waals surface area contributed by atoms with Gasteiger partial charge in [-0.15, -0.1) is 0 Å². The molecule has 0 heterocycles. The molecule has 2 rings (SSSR count). The van der Waals surface area contributed by atoms with E-state index < -0.39 is 35.7 Å². The van der Waals surface area contributed by atoms with Crippen LogP contribution in [-0.2, 0) is 27.2 Å². The highest BCUT2D eigenvalue weighted by molar-refractivity contribution is 5.90. The Morgan fingerprint density at radius 2 is 1.71 bits per heavy atom. The lowest BCUT2D eigenvalue weighted by atomic mass is 10.0. The second kappa shape index (κ2) is 9.64. The highest BCUT2D eigenvalue weighted by Gasteiger charge is 2.27. The van der Waals surface area contributed by atoms with Gasteiger partial charge in [-0.2, -0.15) is 0 Å². The molecule has 0 spiro atoms. The third-order valence-electron chi connectivity index (χ3n) is 4.21. The van der Waals surface area contributed by atoms with Crippen LogP contribution in [0.5, 0.6) is 0 Å². The van der Waals surface area contributed by atoms with Gasteiger partial charge in [0.05, 0.1) is 0 Å². The Morgan fingerprint density at radius 1 is 1.00 bits per heavy atom. The largest absolute Gasteiger partial charge is 0.480 e. The van der Waals surface area contributed by atoms with Gasteiger partial charge in [0.15, 0.2) is 0 Å². The Hall–Kier alpha value is -3.22. The fourth-order valence-electron chi connectivity index (χ4n) is 2.89. The molecule has 0 unspecified atom stereocenters. The number of hydrogen-bond donors (Lipinski definition) is 3. The van der Waals surface area contributed by atoms with Crippen molar-refractivity contribution in [3.63, 3.8) is 0 Å². The van der Waals surface area contributed by atoms with E-state index in [1.165, 1.54) is 25.1 Å². The summed E-state index contributed by atoms with van der Waals surface area (Å²) >= 11 is 0. The van der Waals surface area contributed by atoms with Crippen molar-refractivity contribution in [1.82, 2.24) is 10.6 Å². The molecule has 0 aliphatic carbocycles. The Morgan fingerprint density at radius 3 is 2.32 bits per heavy atom. The summed E-state index contributed by atoms with van der Waals surface area (Å²) in [5, 5.41) is 14.4. The number of benzene rings is 2. The van der Waals surface area contributed by atoms with Crippen LogP contribution in [0.2, 0.25) is 0 Å². The summed E-state index contributed by atoms with van der Waals surface area (Å²) in [6.45, 7) is 3.13. The Labute approximate surface area is 162 Å². The first kappa shape index (κ1) is 21.1. The van der Waals surface area contributed by atoms with E-state index in [0.29, 0.717) is 0 Å². The van der Waals surface area contributed by atoms with E-state index in [0.717, 1.165) is 11.1 Å². The van der Waals surface area contributed by atoms with Crippen molar-refractivity contribution in [2.45, 2.75) is 38.8 Å². The number of aryl methyl sites for hydroxylation is 1. The maximum atomic E-state index is 13.9. The number of aliphatic carboxylic acids is 1. The lowest BCUT2D eigenvalue weighted by molar-refractivity contribution is -0.142. The highest BCUT2D eigenvalue weighted by atomic mass is 19.1. The summed E-state index contributed by atoms with van der Waals surface area (Å²) in [5.41, 5.74) is 1.99. The minimum atomic E-state index is -1.19. The molecule has 148 valence electrons. The van der Waals surface area contributed by atoms with E-state index >= 15 is 0 Å². The molecule has 6 nitrogen and oxygen atoms in total. The van der Waals surface area contributed by atoms with Gasteiger partial charge in [-0.05, 0) is 24.1 Å². The second-order valence-corrected chi connectivity index (χ2v) is 6.64. The standard InChI is InChI=1S/C21H23FN2O4/c1-13-6-5-7-15(10-13)11-19(21(27)28)24-20(26)18(23-14(2)25)12-16-8-3-4-9-17(16)22/h3-10,18-19H,11-12H2,1-2H3,(H,23,25)(H,24,26)(H,27,28)/t18-,19+/m0/s1. The molecule has 0 radical (unpaired) electrons. The average molecular weight is 386 g/mol. The van der Waals surface area contributed by atoms with Crippen molar-refractivity contribution in [2.24, 2.45) is 0 Å². The van der Waals surface area contributed by atoms with Gasteiger partial charge < -0.3 is 15.7 Å². The van der Waals surface area contributed by atoms with Crippen LogP contribution in [0, 0.1) is 12.7 Å². The van der Waals surface area contributed by atoms with E-state index in [1.807, 2.05) is 25.1 Å². The Bertz CT molecular complexity index is 869. The predicted octanol–water partition coefficient (Wildman–Crippen LogP) is 1.99. The molecular formula is C21H23FN2O4. The summed E-state index contributed by atoms with van der Waals surface area (Å²) < 4.78 is 13.9. The SMILES string of the molecule is CC(=O)N[C@@H](Cc1ccccc1F)C(=O)N[C@H](Cc1cccc(C)c1)C(=O)O. The molecule has 0 saturated heterocycles. The molecule has 2 aromatic rings. The van der Waals surface area contributed by atoms with E-state index in [4.69, 9.17) is 0 Å². The van der Waals surface area contributed by atoms with E-state index in [1.54, 1.807) is 12.1 Å². The van der Waals surface area contributed by atoms with E-state index in [9.17, 15) is 23.9 Å². The van der Waals surface area contributed by atoms with Crippen molar-refractivity contribution in [3.8, 4) is 0 Å². The number of hydrogen-bond acceptors (Lipinski definition) is 3. The number of nitrogens with one attached hydrogen (secondary N) is 2. The van der Waals surface area contributed by atoms with Gasteiger partial charge in [0.25, 0.3) is 0 Å². The zero-order valence-electron chi connectivity index (χ0n) is 15.7. The maximum absolute atomic E-state index is 13.9. The summed E-state index contributed by atoms with van der Waals surface area (Å²) in [4.78, 5) is 35.8. The molecule has 0 saturated carbocycles. The second-order valence-electron chi connectivity index (χ2n) is 6.64. The topological polar surface area (TPSA) is 95.5 Å². The third kappa shape index (κ3) is 6.19. The number of rotatable bonds is 8. The number of carbonyl (C=O) groups is 3. The smallest absolute Gasteiger partial charge is 0.326 e. The van der Waals surface area contributed by atoms with Crippen molar-refractivity contribution in [1.29, 1.82) is 0 Å². The number of halogens is 1. The van der Waals surface area contributed by atoms with Crippen LogP contribution in [0.15, 0.2) is 48.5 Å². The Kier molecular flexibility index (Phi) is 7.26. The maximum Gasteiger partial charge on any atom is 0.326 e. The van der Waals surface area contributed by atoms with E-state index in [-0.39, 0.29) is 18.4 Å². The summed E-state index contributed by atoms with van der Waals surface area (Å²) in [5.74, 6) is -2.84. The van der Waals surface area contributed by atoms with Crippen LogP contribution in [0.1, 0.15) is 23.6 Å². The van der Waals surface area contributed by atoms with Crippen molar-refractivity contribution < 1.29 is 23.9 Å². The number of carbonyl (C=O) groups excluding carboxylic acids is 2. The van der Waals surface area contributed by atoms with E-state index in [2.05, 4.69) is 10.6 Å². The first-order chi connectivity index (χ1) is 13.3. The molecule has 3 N–H and O–H groups in total. The summed E-state index contributed by atoms with van der Waals surface area (Å²) in [6, 6.07) is 11.0. The first-order valence-electron chi connectivity index (χ1n) is 8.85. The zero-order valence-corrected chi connectivity index (χ0v) is 15.7. The fraction of sp³-hybridized carbons (Fsp3) is 0.286. The van der Waals surface area contributed by atoms with Gasteiger partial charge in [-0.1, -0.05) is 48.0 Å². The van der Waals surface area contributed by atoms with Crippen LogP contribution in [0.3, 0.4) is 0 Å². The van der Waals surface area contributed by atoms with Crippen molar-refractivity contribution in [2.75, 3.05) is 0 Å². The number of carboxylic acid groups (broad SMARTS) is 1. The molecule has 0 aliphatic heterocycles. The van der Waals surface area contributed by atoms with Gasteiger partial charge >= 0.3 is 5.97 Å². The van der Waals surface area contributed by atoms with Crippen molar-refractivity contribution in [3.05, 3.63) is 71.0 Å². The minimum absolute atomic E-state index is 0.0884. The molecule has 7 heteroatoms. The zero-order chi connectivity index (χ0) is 20.7. The van der Waals surface area contributed by atoms with Gasteiger partial charge in [0.1, 0.15) is 17.9 Å². The molecule has 0 aliphatic rings. The lowest BCUT2D eigenvalue weighted by Gasteiger charge is -2.21. The quantitative estimate of drug-likeness (QED) is 0.647. The molecular weight excluding hydrogens is 363 g/mol. The molecule has 2 atom stereocenters. The normalized spacial score (nSPS) is 12.7. The molecule has 0 fully saturated rings. The van der Waals surface area contributed by atoms with Gasteiger partial charge in [0, 0.05) is 19.8 Å². The highest BCUT2D eigenvalue weighted by Crippen LogP contribution is 2.11. The lowest BCUT2D eigenvalue weighted by Crippen LogP contribution is -2.52. The molecule has 0 bridgehead atoms. The van der Waals surface area contributed by atoms with Gasteiger partial charge in [-0.25, -0.2) is 9.18 Å². The van der Waals surface area contributed by atoms with Crippen LogP contribution in [0.25, 0.3) is 0 Å². The van der Waals surface area contributed by atoms with Crippen LogP contribution < -0.4 is 10.6 Å². The van der Waals surface area contributed by atoms with Crippen LogP contribution in [0.4, 0.5) is 4.39 Å². The monoisotopic (exact) mass is 386 g/mol. The molecule has 2 amide bonds. The van der Waals surface area contributed by atoms with Crippen LogP contribution in [-0.4, -0.2) is 35.0 Å². The predicted molar refractivity (Wildman–Crippen MR) is 102 cm³/mol. The Balaban J connectivity index is 2.15. The molecule has 2 aromatic carbocycles. The van der Waals surface area contributed by atoms with Crippen molar-refractivity contribution >= 4 is 17.8 Å². The number of carboxylic acids is 1. The van der Waals surface area contributed by atoms with Crippen LogP contribution >= 0.6 is 0 Å². The summed E-state index contributed by atoms with van der Waals surface area (Å²) in [7, 11) is 0.